The first-order valence-electron chi connectivity index (χ1n) is 6.68. The standard InChI is InChI=1S/C15H23N3O/c1-11(19)18-9-8-15(2,16-3)13-10-12(17(4)5)6-7-14(13)18/h6-7,10,16H,8-9H2,1-5H3. The summed E-state index contributed by atoms with van der Waals surface area (Å²) in [5, 5.41) is 3.41. The second kappa shape index (κ2) is 4.85. The number of fused-ring (bicyclic) bond motifs is 1. The number of hydrogen-bond acceptors (Lipinski definition) is 3. The van der Waals surface area contributed by atoms with E-state index in [1.807, 2.05) is 26.0 Å². The zero-order chi connectivity index (χ0) is 14.2. The molecule has 1 atom stereocenters. The average Bonchev–Trinajstić information content (AvgIpc) is 2.38. The quantitative estimate of drug-likeness (QED) is 0.884. The van der Waals surface area contributed by atoms with E-state index in [1.165, 1.54) is 5.56 Å². The van der Waals surface area contributed by atoms with Gasteiger partial charge in [0.2, 0.25) is 5.91 Å². The molecule has 0 saturated heterocycles. The lowest BCUT2D eigenvalue weighted by atomic mass is 9.83. The second-order valence-electron chi connectivity index (χ2n) is 5.60. The van der Waals surface area contributed by atoms with E-state index in [9.17, 15) is 4.79 Å². The minimum absolute atomic E-state index is 0.0761. The molecule has 2 rings (SSSR count). The largest absolute Gasteiger partial charge is 0.378 e. The maximum absolute atomic E-state index is 11.8. The molecule has 1 aliphatic rings. The molecule has 0 aromatic heterocycles. The molecule has 0 radical (unpaired) electrons. The molecule has 1 aliphatic heterocycles. The van der Waals surface area contributed by atoms with Crippen molar-refractivity contribution in [2.45, 2.75) is 25.8 Å². The highest BCUT2D eigenvalue weighted by atomic mass is 16.2. The van der Waals surface area contributed by atoms with E-state index in [2.05, 4.69) is 35.3 Å². The number of carbonyl (C=O) groups is 1. The molecule has 0 fully saturated rings. The lowest BCUT2D eigenvalue weighted by molar-refractivity contribution is -0.116. The molecule has 104 valence electrons. The van der Waals surface area contributed by atoms with E-state index in [4.69, 9.17) is 0 Å². The Kier molecular flexibility index (Phi) is 3.54. The molecule has 1 aromatic rings. The number of anilines is 2. The summed E-state index contributed by atoms with van der Waals surface area (Å²) in [7, 11) is 6.05. The Morgan fingerprint density at radius 2 is 2.11 bits per heavy atom. The second-order valence-corrected chi connectivity index (χ2v) is 5.60. The summed E-state index contributed by atoms with van der Waals surface area (Å²) in [4.78, 5) is 15.7. The Morgan fingerprint density at radius 3 is 2.63 bits per heavy atom. The van der Waals surface area contributed by atoms with Crippen LogP contribution in [-0.4, -0.2) is 33.6 Å². The number of benzene rings is 1. The maximum Gasteiger partial charge on any atom is 0.223 e. The molecule has 1 unspecified atom stereocenters. The van der Waals surface area contributed by atoms with Gasteiger partial charge in [-0.1, -0.05) is 0 Å². The first kappa shape index (κ1) is 13.9. The Bertz CT molecular complexity index is 498. The van der Waals surface area contributed by atoms with Crippen molar-refractivity contribution in [1.82, 2.24) is 5.32 Å². The number of carbonyl (C=O) groups excluding carboxylic acids is 1. The van der Waals surface area contributed by atoms with E-state index in [0.29, 0.717) is 0 Å². The minimum Gasteiger partial charge on any atom is -0.378 e. The maximum atomic E-state index is 11.8. The summed E-state index contributed by atoms with van der Waals surface area (Å²) in [5.41, 5.74) is 3.31. The molecular formula is C15H23N3O. The van der Waals surface area contributed by atoms with Gasteiger partial charge >= 0.3 is 0 Å². The third kappa shape index (κ3) is 2.32. The molecule has 1 aromatic carbocycles. The van der Waals surface area contributed by atoms with Crippen LogP contribution in [0.5, 0.6) is 0 Å². The molecule has 0 aliphatic carbocycles. The molecule has 4 nitrogen and oxygen atoms in total. The predicted molar refractivity (Wildman–Crippen MR) is 79.8 cm³/mol. The van der Waals surface area contributed by atoms with Crippen LogP contribution in [0, 0.1) is 0 Å². The Morgan fingerprint density at radius 1 is 1.42 bits per heavy atom. The normalized spacial score (nSPS) is 22.1. The van der Waals surface area contributed by atoms with E-state index in [-0.39, 0.29) is 11.4 Å². The number of hydrogen-bond donors (Lipinski definition) is 1. The van der Waals surface area contributed by atoms with Crippen molar-refractivity contribution < 1.29 is 4.79 Å². The molecule has 1 N–H and O–H groups in total. The summed E-state index contributed by atoms with van der Waals surface area (Å²) in [6.07, 6.45) is 0.924. The Labute approximate surface area is 115 Å². The number of rotatable bonds is 2. The van der Waals surface area contributed by atoms with Crippen molar-refractivity contribution in [2.75, 3.05) is 37.5 Å². The molecule has 1 amide bonds. The molecule has 0 spiro atoms. The van der Waals surface area contributed by atoms with Crippen LogP contribution in [0.15, 0.2) is 18.2 Å². The van der Waals surface area contributed by atoms with Crippen molar-refractivity contribution in [3.05, 3.63) is 23.8 Å². The van der Waals surface area contributed by atoms with Crippen molar-refractivity contribution in [1.29, 1.82) is 0 Å². The van der Waals surface area contributed by atoms with Crippen LogP contribution in [0.4, 0.5) is 11.4 Å². The van der Waals surface area contributed by atoms with Gasteiger partial charge in [-0.15, -0.1) is 0 Å². The third-order valence-corrected chi connectivity index (χ3v) is 4.15. The fraction of sp³-hybridized carbons (Fsp3) is 0.533. The zero-order valence-corrected chi connectivity index (χ0v) is 12.4. The van der Waals surface area contributed by atoms with Gasteiger partial charge in [0.05, 0.1) is 0 Å². The summed E-state index contributed by atoms with van der Waals surface area (Å²) in [6.45, 7) is 4.59. The molecule has 4 heteroatoms. The predicted octanol–water partition coefficient (Wildman–Crippen LogP) is 1.94. The summed E-state index contributed by atoms with van der Waals surface area (Å²) < 4.78 is 0. The van der Waals surface area contributed by atoms with Crippen molar-refractivity contribution in [3.8, 4) is 0 Å². The van der Waals surface area contributed by atoms with Crippen LogP contribution in [0.2, 0.25) is 0 Å². The van der Waals surface area contributed by atoms with Gasteiger partial charge in [0.1, 0.15) is 0 Å². The lowest BCUT2D eigenvalue weighted by Crippen LogP contribution is -2.47. The van der Waals surface area contributed by atoms with Gasteiger partial charge in [-0.3, -0.25) is 4.79 Å². The number of nitrogens with one attached hydrogen (secondary N) is 1. The Hall–Kier alpha value is -1.55. The van der Waals surface area contributed by atoms with Crippen LogP contribution in [0.1, 0.15) is 25.8 Å². The van der Waals surface area contributed by atoms with Gasteiger partial charge in [0, 0.05) is 44.5 Å². The van der Waals surface area contributed by atoms with E-state index in [0.717, 1.165) is 24.3 Å². The van der Waals surface area contributed by atoms with Crippen LogP contribution < -0.4 is 15.1 Å². The molecule has 0 bridgehead atoms. The summed E-state index contributed by atoms with van der Waals surface area (Å²) in [6, 6.07) is 6.30. The van der Waals surface area contributed by atoms with Crippen LogP contribution in [0.25, 0.3) is 0 Å². The summed E-state index contributed by atoms with van der Waals surface area (Å²) >= 11 is 0. The van der Waals surface area contributed by atoms with E-state index < -0.39 is 0 Å². The van der Waals surface area contributed by atoms with Gasteiger partial charge < -0.3 is 15.1 Å². The van der Waals surface area contributed by atoms with Crippen LogP contribution >= 0.6 is 0 Å². The molecular weight excluding hydrogens is 238 g/mol. The van der Waals surface area contributed by atoms with Gasteiger partial charge in [-0.2, -0.15) is 0 Å². The topological polar surface area (TPSA) is 35.6 Å². The van der Waals surface area contributed by atoms with Crippen molar-refractivity contribution in [2.24, 2.45) is 0 Å². The lowest BCUT2D eigenvalue weighted by Gasteiger charge is -2.41. The average molecular weight is 261 g/mol. The SMILES string of the molecule is CNC1(C)CCN(C(C)=O)c2ccc(N(C)C)cc21. The van der Waals surface area contributed by atoms with Crippen LogP contribution in [-0.2, 0) is 10.3 Å². The highest BCUT2D eigenvalue weighted by Gasteiger charge is 2.35. The van der Waals surface area contributed by atoms with Gasteiger partial charge in [-0.25, -0.2) is 0 Å². The molecule has 1 heterocycles. The van der Waals surface area contributed by atoms with E-state index >= 15 is 0 Å². The van der Waals surface area contributed by atoms with Crippen molar-refractivity contribution >= 4 is 17.3 Å². The van der Waals surface area contributed by atoms with Crippen LogP contribution in [0.3, 0.4) is 0 Å². The number of amides is 1. The summed E-state index contributed by atoms with van der Waals surface area (Å²) in [5.74, 6) is 0.108. The third-order valence-electron chi connectivity index (χ3n) is 4.15. The monoisotopic (exact) mass is 261 g/mol. The fourth-order valence-electron chi connectivity index (χ4n) is 2.66. The number of nitrogens with zero attached hydrogens (tertiary/aromatic N) is 2. The minimum atomic E-state index is -0.0761. The fourth-order valence-corrected chi connectivity index (χ4v) is 2.66. The van der Waals surface area contributed by atoms with Crippen molar-refractivity contribution in [3.63, 3.8) is 0 Å². The highest BCUT2D eigenvalue weighted by Crippen LogP contribution is 2.39. The smallest absolute Gasteiger partial charge is 0.223 e. The first-order valence-corrected chi connectivity index (χ1v) is 6.68. The van der Waals surface area contributed by atoms with Gasteiger partial charge in [0.25, 0.3) is 0 Å². The zero-order valence-electron chi connectivity index (χ0n) is 12.4. The molecule has 0 saturated carbocycles. The van der Waals surface area contributed by atoms with E-state index in [1.54, 1.807) is 6.92 Å². The molecule has 19 heavy (non-hydrogen) atoms. The van der Waals surface area contributed by atoms with Gasteiger partial charge in [-0.05, 0) is 44.2 Å². The highest BCUT2D eigenvalue weighted by molar-refractivity contribution is 5.93. The Balaban J connectivity index is 2.58. The first-order chi connectivity index (χ1) is 8.89. The van der Waals surface area contributed by atoms with Gasteiger partial charge in [0.15, 0.2) is 0 Å².